The van der Waals surface area contributed by atoms with Crippen LogP contribution in [0.1, 0.15) is 24.3 Å². The van der Waals surface area contributed by atoms with E-state index in [1.165, 1.54) is 4.90 Å². The molecule has 0 aliphatic carbocycles. The van der Waals surface area contributed by atoms with E-state index in [-0.39, 0.29) is 11.3 Å². The third kappa shape index (κ3) is 3.46. The van der Waals surface area contributed by atoms with Gasteiger partial charge in [0.25, 0.3) is 0 Å². The number of rotatable bonds is 5. The number of nitrogens with zero attached hydrogens (tertiary/aromatic N) is 2. The fourth-order valence-electron chi connectivity index (χ4n) is 2.04. The summed E-state index contributed by atoms with van der Waals surface area (Å²) in [5.74, 6) is 1.71. The minimum Gasteiger partial charge on any atom is -0.325 e. The highest BCUT2D eigenvalue weighted by Gasteiger charge is 2.32. The molecule has 1 aromatic carbocycles. The van der Waals surface area contributed by atoms with E-state index in [4.69, 9.17) is 5.26 Å². The van der Waals surface area contributed by atoms with Gasteiger partial charge in [0.1, 0.15) is 5.37 Å². The molecule has 0 spiro atoms. The van der Waals surface area contributed by atoms with Crippen molar-refractivity contribution in [3.63, 3.8) is 0 Å². The number of carbonyl (C=O) groups is 1. The van der Waals surface area contributed by atoms with E-state index in [1.54, 1.807) is 11.8 Å². The lowest BCUT2D eigenvalue weighted by Gasteiger charge is -2.23. The first-order chi connectivity index (χ1) is 9.26. The first kappa shape index (κ1) is 14.3. The highest BCUT2D eigenvalue weighted by Crippen LogP contribution is 2.39. The molecule has 1 amide bonds. The summed E-state index contributed by atoms with van der Waals surface area (Å²) < 4.78 is 0. The zero-order chi connectivity index (χ0) is 13.7. The zero-order valence-corrected chi connectivity index (χ0v) is 12.5. The monoisotopic (exact) mass is 292 g/mol. The normalized spacial score (nSPS) is 18.6. The molecule has 0 N–H and O–H groups in total. The van der Waals surface area contributed by atoms with Crippen molar-refractivity contribution in [2.45, 2.75) is 23.6 Å². The van der Waals surface area contributed by atoms with Gasteiger partial charge >= 0.3 is 0 Å². The Morgan fingerprint density at radius 3 is 2.84 bits per heavy atom. The van der Waals surface area contributed by atoms with Gasteiger partial charge in [-0.15, -0.1) is 23.5 Å². The molecule has 19 heavy (non-hydrogen) atoms. The Morgan fingerprint density at radius 1 is 1.47 bits per heavy atom. The lowest BCUT2D eigenvalue weighted by molar-refractivity contribution is -0.127. The number of nitriles is 1. The first-order valence-corrected chi connectivity index (χ1v) is 8.30. The van der Waals surface area contributed by atoms with Crippen molar-refractivity contribution in [2.75, 3.05) is 18.1 Å². The summed E-state index contributed by atoms with van der Waals surface area (Å²) in [5.41, 5.74) is 1.15. The predicted molar refractivity (Wildman–Crippen MR) is 80.0 cm³/mol. The molecule has 0 saturated carbocycles. The third-order valence-corrected chi connectivity index (χ3v) is 5.06. The van der Waals surface area contributed by atoms with Crippen molar-refractivity contribution in [2.24, 2.45) is 0 Å². The molecule has 0 radical (unpaired) electrons. The van der Waals surface area contributed by atoms with Gasteiger partial charge in [-0.1, -0.05) is 19.1 Å². The van der Waals surface area contributed by atoms with Crippen LogP contribution in [0.5, 0.6) is 0 Å². The van der Waals surface area contributed by atoms with Gasteiger partial charge in [-0.25, -0.2) is 0 Å². The van der Waals surface area contributed by atoms with Crippen molar-refractivity contribution in [3.8, 4) is 6.07 Å². The fourth-order valence-corrected chi connectivity index (χ4v) is 3.92. The summed E-state index contributed by atoms with van der Waals surface area (Å²) in [4.78, 5) is 14.9. The molecule has 1 aliphatic heterocycles. The molecule has 2 rings (SSSR count). The summed E-state index contributed by atoms with van der Waals surface area (Å²) in [6, 6.07) is 10.5. The van der Waals surface area contributed by atoms with Crippen molar-refractivity contribution in [1.82, 2.24) is 4.90 Å². The van der Waals surface area contributed by atoms with E-state index >= 15 is 0 Å². The maximum absolute atomic E-state index is 11.8. The summed E-state index contributed by atoms with van der Waals surface area (Å²) in [7, 11) is 0. The van der Waals surface area contributed by atoms with Crippen LogP contribution in [0, 0.1) is 11.3 Å². The number of hydrogen-bond acceptors (Lipinski definition) is 4. The molecule has 1 aromatic rings. The Bertz CT molecular complexity index is 481. The van der Waals surface area contributed by atoms with Crippen LogP contribution in [0.25, 0.3) is 0 Å². The number of hydrogen-bond donors (Lipinski definition) is 0. The topological polar surface area (TPSA) is 44.1 Å². The van der Waals surface area contributed by atoms with Crippen LogP contribution < -0.4 is 0 Å². The van der Waals surface area contributed by atoms with Crippen molar-refractivity contribution in [3.05, 3.63) is 29.8 Å². The second-order valence-corrected chi connectivity index (χ2v) is 6.57. The Kier molecular flexibility index (Phi) is 5.17. The molecule has 0 bridgehead atoms. The summed E-state index contributed by atoms with van der Waals surface area (Å²) in [6.07, 6.45) is 0.395. The Labute approximate surface area is 122 Å². The molecule has 1 fully saturated rings. The lowest BCUT2D eigenvalue weighted by Crippen LogP contribution is -2.29. The van der Waals surface area contributed by atoms with Crippen molar-refractivity contribution in [1.29, 1.82) is 5.26 Å². The lowest BCUT2D eigenvalue weighted by atomic mass is 10.2. The second-order valence-electron chi connectivity index (χ2n) is 4.16. The van der Waals surface area contributed by atoms with Gasteiger partial charge in [-0.05, 0) is 23.4 Å². The Balaban J connectivity index is 2.11. The molecule has 1 aliphatic rings. The second kappa shape index (κ2) is 6.88. The largest absolute Gasteiger partial charge is 0.325 e. The van der Waals surface area contributed by atoms with Gasteiger partial charge in [-0.2, -0.15) is 5.26 Å². The molecule has 1 atom stereocenters. The first-order valence-electron chi connectivity index (χ1n) is 6.27. The van der Waals surface area contributed by atoms with Crippen LogP contribution in [0.4, 0.5) is 0 Å². The standard InChI is InChI=1S/C14H16N2OS2/c1-2-18-12-6-4-11(5-7-12)14-16(9-3-8-15)13(17)10-19-14/h4-7,14H,2-3,9-10H2,1H3. The van der Waals surface area contributed by atoms with E-state index in [2.05, 4.69) is 37.3 Å². The van der Waals surface area contributed by atoms with Crippen molar-refractivity contribution >= 4 is 29.4 Å². The SMILES string of the molecule is CCSc1ccc(C2SCC(=O)N2CCC#N)cc1. The van der Waals surface area contributed by atoms with Crippen LogP contribution in [0.3, 0.4) is 0 Å². The van der Waals surface area contributed by atoms with Gasteiger partial charge in [0.2, 0.25) is 5.91 Å². The molecule has 0 aromatic heterocycles. The molecule has 1 saturated heterocycles. The van der Waals surface area contributed by atoms with Crippen LogP contribution in [-0.4, -0.2) is 28.9 Å². The molecular weight excluding hydrogens is 276 g/mol. The Morgan fingerprint density at radius 2 is 2.21 bits per heavy atom. The number of carbonyl (C=O) groups excluding carboxylic acids is 1. The maximum Gasteiger partial charge on any atom is 0.233 e. The third-order valence-electron chi connectivity index (χ3n) is 2.91. The van der Waals surface area contributed by atoms with Gasteiger partial charge in [0.15, 0.2) is 0 Å². The zero-order valence-electron chi connectivity index (χ0n) is 10.8. The van der Waals surface area contributed by atoms with E-state index in [9.17, 15) is 4.79 Å². The summed E-state index contributed by atoms with van der Waals surface area (Å²) in [5, 5.41) is 8.74. The molecule has 100 valence electrons. The van der Waals surface area contributed by atoms with Crippen molar-refractivity contribution < 1.29 is 4.79 Å². The highest BCUT2D eigenvalue weighted by atomic mass is 32.2. The maximum atomic E-state index is 11.8. The van der Waals surface area contributed by atoms with E-state index < -0.39 is 0 Å². The highest BCUT2D eigenvalue weighted by molar-refractivity contribution is 8.00. The smallest absolute Gasteiger partial charge is 0.233 e. The predicted octanol–water partition coefficient (Wildman–Crippen LogP) is 3.29. The number of thioether (sulfide) groups is 2. The van der Waals surface area contributed by atoms with Gasteiger partial charge in [0.05, 0.1) is 18.2 Å². The van der Waals surface area contributed by atoms with Crippen LogP contribution >= 0.6 is 23.5 Å². The van der Waals surface area contributed by atoms with Crippen LogP contribution in [0.15, 0.2) is 29.2 Å². The van der Waals surface area contributed by atoms with Gasteiger partial charge in [0, 0.05) is 11.4 Å². The molecule has 5 heteroatoms. The number of amides is 1. The summed E-state index contributed by atoms with van der Waals surface area (Å²) >= 11 is 3.45. The summed E-state index contributed by atoms with van der Waals surface area (Å²) in [6.45, 7) is 2.66. The number of benzene rings is 1. The Hall–Kier alpha value is -1.12. The van der Waals surface area contributed by atoms with Gasteiger partial charge < -0.3 is 4.90 Å². The van der Waals surface area contributed by atoms with E-state index in [0.29, 0.717) is 18.7 Å². The van der Waals surface area contributed by atoms with E-state index in [1.807, 2.05) is 16.7 Å². The minimum atomic E-state index is 0.0709. The van der Waals surface area contributed by atoms with Crippen LogP contribution in [-0.2, 0) is 4.79 Å². The average molecular weight is 292 g/mol. The molecular formula is C14H16N2OS2. The molecule has 1 unspecified atom stereocenters. The minimum absolute atomic E-state index is 0.0709. The fraction of sp³-hybridized carbons (Fsp3) is 0.429. The quantitative estimate of drug-likeness (QED) is 0.781. The molecule has 1 heterocycles. The average Bonchev–Trinajstić information content (AvgIpc) is 2.79. The van der Waals surface area contributed by atoms with E-state index in [0.717, 1.165) is 11.3 Å². The molecule has 3 nitrogen and oxygen atoms in total. The van der Waals surface area contributed by atoms with Crippen LogP contribution in [0.2, 0.25) is 0 Å². The van der Waals surface area contributed by atoms with Gasteiger partial charge in [-0.3, -0.25) is 4.79 Å².